The minimum Gasteiger partial charge on any atom is -0.497 e. The normalized spacial score (nSPS) is 18.5. The maximum absolute atomic E-state index is 13.0. The summed E-state index contributed by atoms with van der Waals surface area (Å²) >= 11 is 1.51. The van der Waals surface area contributed by atoms with Crippen LogP contribution in [0.15, 0.2) is 82.2 Å². The van der Waals surface area contributed by atoms with Gasteiger partial charge in [-0.25, -0.2) is 18.4 Å². The van der Waals surface area contributed by atoms with Crippen molar-refractivity contribution in [3.63, 3.8) is 0 Å². The van der Waals surface area contributed by atoms with E-state index in [2.05, 4.69) is 11.1 Å². The summed E-state index contributed by atoms with van der Waals surface area (Å²) in [6, 6.07) is 18.9. The Morgan fingerprint density at radius 2 is 1.76 bits per heavy atom. The maximum atomic E-state index is 13.0. The van der Waals surface area contributed by atoms with Crippen LogP contribution in [0.4, 0.5) is 5.13 Å². The molecular weight excluding hydrogens is 522 g/mol. The summed E-state index contributed by atoms with van der Waals surface area (Å²) in [6.07, 6.45) is 2.65. The first-order valence-corrected chi connectivity index (χ1v) is 14.6. The molecule has 0 aliphatic carbocycles. The van der Waals surface area contributed by atoms with Gasteiger partial charge in [-0.2, -0.15) is 9.41 Å². The van der Waals surface area contributed by atoms with Crippen molar-refractivity contribution in [1.29, 1.82) is 0 Å². The average molecular weight is 550 g/mol. The van der Waals surface area contributed by atoms with Crippen LogP contribution in [-0.4, -0.2) is 61.8 Å². The lowest BCUT2D eigenvalue weighted by Gasteiger charge is -2.26. The quantitative estimate of drug-likeness (QED) is 0.364. The van der Waals surface area contributed by atoms with E-state index >= 15 is 0 Å². The van der Waals surface area contributed by atoms with Gasteiger partial charge in [0.15, 0.2) is 0 Å². The van der Waals surface area contributed by atoms with Crippen molar-refractivity contribution in [3.05, 3.63) is 83.5 Å². The predicted octanol–water partition coefficient (Wildman–Crippen LogP) is 4.52. The number of nitrogens with zero attached hydrogens (tertiary/aromatic N) is 4. The van der Waals surface area contributed by atoms with Crippen molar-refractivity contribution in [2.75, 3.05) is 38.4 Å². The first-order chi connectivity index (χ1) is 18.5. The van der Waals surface area contributed by atoms with Gasteiger partial charge in [-0.3, -0.25) is 0 Å². The minimum atomic E-state index is -3.54. The minimum absolute atomic E-state index is 0.0119. The lowest BCUT2D eigenvalue weighted by molar-refractivity contribution is 0.0730. The second-order valence-electron chi connectivity index (χ2n) is 9.02. The van der Waals surface area contributed by atoms with Gasteiger partial charge in [0, 0.05) is 42.3 Å². The third-order valence-corrected chi connectivity index (χ3v) is 9.50. The number of methoxy groups -OCH3 is 1. The highest BCUT2D eigenvalue weighted by Gasteiger charge is 2.32. The monoisotopic (exact) mass is 549 g/mol. The zero-order valence-corrected chi connectivity index (χ0v) is 22.4. The zero-order chi connectivity index (χ0) is 26.1. The Bertz CT molecular complexity index is 1530. The van der Waals surface area contributed by atoms with Crippen LogP contribution in [0.2, 0.25) is 0 Å². The second-order valence-corrected chi connectivity index (χ2v) is 11.8. The Kier molecular flexibility index (Phi) is 6.75. The Morgan fingerprint density at radius 1 is 1.03 bits per heavy atom. The number of thiazole rings is 1. The van der Waals surface area contributed by atoms with E-state index in [0.717, 1.165) is 45.5 Å². The molecule has 38 heavy (non-hydrogen) atoms. The van der Waals surface area contributed by atoms with Crippen LogP contribution in [0.25, 0.3) is 11.3 Å². The largest absolute Gasteiger partial charge is 0.497 e. The number of morpholine rings is 1. The summed E-state index contributed by atoms with van der Waals surface area (Å²) in [7, 11) is -1.89. The summed E-state index contributed by atoms with van der Waals surface area (Å²) in [5.41, 5.74) is 4.70. The van der Waals surface area contributed by atoms with Crippen molar-refractivity contribution in [3.8, 4) is 17.0 Å². The number of anilines is 1. The highest BCUT2D eigenvalue weighted by Crippen LogP contribution is 2.39. The summed E-state index contributed by atoms with van der Waals surface area (Å²) in [5.74, 6) is 0.804. The van der Waals surface area contributed by atoms with E-state index in [-0.39, 0.29) is 10.9 Å². The number of rotatable bonds is 7. The molecule has 11 heteroatoms. The summed E-state index contributed by atoms with van der Waals surface area (Å²) < 4.78 is 38.0. The summed E-state index contributed by atoms with van der Waals surface area (Å²) in [4.78, 5) is 8.49. The number of hydrogen-bond acceptors (Lipinski definition) is 8. The molecule has 9 nitrogen and oxygen atoms in total. The number of benzene rings is 2. The first kappa shape index (κ1) is 24.8. The van der Waals surface area contributed by atoms with E-state index in [0.29, 0.717) is 26.3 Å². The molecule has 2 aliphatic rings. The molecule has 0 saturated carbocycles. The van der Waals surface area contributed by atoms with Gasteiger partial charge in [0.1, 0.15) is 11.8 Å². The van der Waals surface area contributed by atoms with Gasteiger partial charge in [-0.15, -0.1) is 11.3 Å². The molecule has 196 valence electrons. The van der Waals surface area contributed by atoms with Crippen LogP contribution in [0.3, 0.4) is 0 Å². The lowest BCUT2D eigenvalue weighted by Crippen LogP contribution is -2.40. The number of hydrogen-bond donors (Lipinski definition) is 1. The van der Waals surface area contributed by atoms with Gasteiger partial charge in [0.2, 0.25) is 15.2 Å². The van der Waals surface area contributed by atoms with E-state index in [4.69, 9.17) is 19.6 Å². The van der Waals surface area contributed by atoms with E-state index in [9.17, 15) is 8.42 Å². The van der Waals surface area contributed by atoms with Crippen molar-refractivity contribution in [1.82, 2.24) is 14.3 Å². The molecule has 1 saturated heterocycles. The average Bonchev–Trinajstić information content (AvgIpc) is 3.74. The molecule has 2 aromatic heterocycles. The van der Waals surface area contributed by atoms with Crippen LogP contribution >= 0.6 is 11.3 Å². The standard InChI is InChI=1S/C27H27N5O4S2/c1-35-21-8-4-19(5-9-21)24-17-26(23-3-2-12-28-23)32(30-24)27-29-25(18-37-27)20-6-10-22(11-7-20)38(33,34)31-13-15-36-16-14-31/h2-12,18,26,28H,13-17H2,1H3. The molecule has 2 aromatic carbocycles. The molecule has 1 N–H and O–H groups in total. The van der Waals surface area contributed by atoms with Gasteiger partial charge < -0.3 is 14.5 Å². The summed E-state index contributed by atoms with van der Waals surface area (Å²) in [5, 5.41) is 9.69. The van der Waals surface area contributed by atoms with E-state index in [1.807, 2.05) is 59.1 Å². The lowest BCUT2D eigenvalue weighted by atomic mass is 10.0. The molecule has 4 heterocycles. The molecule has 1 atom stereocenters. The number of ether oxygens (including phenoxy) is 2. The van der Waals surface area contributed by atoms with Gasteiger partial charge in [-0.05, 0) is 54.1 Å². The van der Waals surface area contributed by atoms with Gasteiger partial charge in [-0.1, -0.05) is 12.1 Å². The molecular formula is C27H27N5O4S2. The highest BCUT2D eigenvalue weighted by atomic mass is 32.2. The molecule has 1 fully saturated rings. The van der Waals surface area contributed by atoms with Crippen molar-refractivity contribution < 1.29 is 17.9 Å². The molecule has 4 aromatic rings. The molecule has 6 rings (SSSR count). The number of hydrazone groups is 1. The number of sulfonamides is 1. The number of nitrogens with one attached hydrogen (secondary N) is 1. The molecule has 1 unspecified atom stereocenters. The highest BCUT2D eigenvalue weighted by molar-refractivity contribution is 7.89. The SMILES string of the molecule is COc1ccc(C2=NN(c3nc(-c4ccc(S(=O)(=O)N5CCOCC5)cc4)cs3)C(c3ccc[nH]3)C2)cc1. The van der Waals surface area contributed by atoms with Gasteiger partial charge >= 0.3 is 0 Å². The van der Waals surface area contributed by atoms with E-state index in [1.54, 1.807) is 19.2 Å². The fraction of sp³-hybridized carbons (Fsp3) is 0.259. The van der Waals surface area contributed by atoms with Crippen molar-refractivity contribution in [2.24, 2.45) is 5.10 Å². The number of aromatic nitrogens is 2. The molecule has 2 aliphatic heterocycles. The fourth-order valence-corrected chi connectivity index (χ4v) is 6.92. The molecule has 0 radical (unpaired) electrons. The van der Waals surface area contributed by atoms with E-state index < -0.39 is 10.0 Å². The van der Waals surface area contributed by atoms with E-state index in [1.165, 1.54) is 15.6 Å². The zero-order valence-electron chi connectivity index (χ0n) is 20.8. The summed E-state index contributed by atoms with van der Waals surface area (Å²) in [6.45, 7) is 1.58. The molecule has 0 amide bonds. The number of H-pyrrole nitrogens is 1. The van der Waals surface area contributed by atoms with Crippen LogP contribution in [0.1, 0.15) is 23.7 Å². The van der Waals surface area contributed by atoms with Gasteiger partial charge in [0.05, 0.1) is 36.6 Å². The third-order valence-electron chi connectivity index (χ3n) is 6.76. The third kappa shape index (κ3) is 4.73. The maximum Gasteiger partial charge on any atom is 0.243 e. The Labute approximate surface area is 225 Å². The first-order valence-electron chi connectivity index (χ1n) is 12.3. The van der Waals surface area contributed by atoms with Crippen LogP contribution < -0.4 is 9.75 Å². The van der Waals surface area contributed by atoms with Crippen molar-refractivity contribution in [2.45, 2.75) is 17.4 Å². The van der Waals surface area contributed by atoms with Crippen LogP contribution in [0, 0.1) is 0 Å². The topological polar surface area (TPSA) is 100 Å². The van der Waals surface area contributed by atoms with Crippen molar-refractivity contribution >= 4 is 32.2 Å². The Hall–Kier alpha value is -3.51. The molecule has 0 bridgehead atoms. The Morgan fingerprint density at radius 3 is 2.45 bits per heavy atom. The van der Waals surface area contributed by atoms with Crippen LogP contribution in [-0.2, 0) is 14.8 Å². The Balaban J connectivity index is 1.27. The molecule has 0 spiro atoms. The second kappa shape index (κ2) is 10.3. The number of aromatic amines is 1. The predicted molar refractivity (Wildman–Crippen MR) is 147 cm³/mol. The fourth-order valence-electron chi connectivity index (χ4n) is 4.67. The van der Waals surface area contributed by atoms with Crippen LogP contribution in [0.5, 0.6) is 5.75 Å². The smallest absolute Gasteiger partial charge is 0.243 e. The van der Waals surface area contributed by atoms with Gasteiger partial charge in [0.25, 0.3) is 0 Å².